The van der Waals surface area contributed by atoms with Crippen molar-refractivity contribution in [2.24, 2.45) is 73.3 Å². The van der Waals surface area contributed by atoms with Crippen LogP contribution in [0.1, 0.15) is 77.0 Å². The van der Waals surface area contributed by atoms with Gasteiger partial charge >= 0.3 is 18.2 Å². The molecule has 5 aliphatic heterocycles. The molecule has 15 atom stereocenters. The lowest BCUT2D eigenvalue weighted by molar-refractivity contribution is -0.161. The zero-order valence-electron chi connectivity index (χ0n) is 73.5. The first-order valence-corrected chi connectivity index (χ1v) is 44.6. The molecule has 5 unspecified atom stereocenters. The molecule has 0 radical (unpaired) electrons. The van der Waals surface area contributed by atoms with Crippen molar-refractivity contribution in [1.29, 1.82) is 0 Å². The molecule has 40 heteroatoms. The molecule has 8 N–H and O–H groups in total. The molecule has 0 bridgehead atoms. The largest absolute Gasteiger partial charge is 0.397 e. The number of nitrogens with zero attached hydrogens (tertiary/aromatic N) is 24. The van der Waals surface area contributed by atoms with Gasteiger partial charge < -0.3 is 84.3 Å². The second kappa shape index (κ2) is 36.6. The van der Waals surface area contributed by atoms with Gasteiger partial charge in [-0.1, -0.05) is 6.58 Å². The molecule has 22 rings (SSSR count). The Labute approximate surface area is 742 Å². The summed E-state index contributed by atoms with van der Waals surface area (Å²) in [5, 5.41) is 28.3. The third kappa shape index (κ3) is 18.3. The van der Waals surface area contributed by atoms with E-state index < -0.39 is 18.5 Å². The maximum Gasteiger partial charge on any atom is 0.397 e. The van der Waals surface area contributed by atoms with Gasteiger partial charge in [0, 0.05) is 201 Å². The summed E-state index contributed by atoms with van der Waals surface area (Å²) >= 11 is 0. The number of amides is 7. The number of halogens is 3. The number of aromatic nitrogens is 19. The van der Waals surface area contributed by atoms with E-state index in [1.165, 1.54) is 17.3 Å². The Morgan fingerprint density at radius 1 is 0.426 bits per heavy atom. The second-order valence-electron chi connectivity index (χ2n) is 36.7. The van der Waals surface area contributed by atoms with Crippen molar-refractivity contribution < 1.29 is 42.3 Å². The van der Waals surface area contributed by atoms with E-state index in [4.69, 9.17) is 5.11 Å². The third-order valence-electron chi connectivity index (χ3n) is 29.1. The summed E-state index contributed by atoms with van der Waals surface area (Å²) in [5.41, 5.74) is 5.00. The lowest BCUT2D eigenvalue weighted by Gasteiger charge is -2.28. The number of aromatic amines is 5. The van der Waals surface area contributed by atoms with Crippen LogP contribution in [0.25, 0.3) is 55.2 Å². The van der Waals surface area contributed by atoms with E-state index in [0.29, 0.717) is 90.4 Å². The molecule has 10 aliphatic rings. The molecular weight excluding hydrogens is 1660 g/mol. The van der Waals surface area contributed by atoms with E-state index in [0.717, 1.165) is 207 Å². The van der Waals surface area contributed by atoms with Gasteiger partial charge in [-0.2, -0.15) is 23.4 Å². The number of H-pyrrole nitrogens is 5. The molecule has 37 nitrogen and oxygen atoms in total. The van der Waals surface area contributed by atoms with Crippen LogP contribution >= 0.6 is 0 Å². The quantitative estimate of drug-likeness (QED) is 0.0417. The van der Waals surface area contributed by atoms with Crippen LogP contribution in [0.5, 0.6) is 0 Å². The normalized spacial score (nSPS) is 25.1. The molecule has 5 saturated heterocycles. The summed E-state index contributed by atoms with van der Waals surface area (Å²) in [5.74, 6) is 9.65. The van der Waals surface area contributed by atoms with Crippen LogP contribution in [-0.4, -0.2) is 297 Å². The maximum absolute atomic E-state index is 12.6. The molecule has 129 heavy (non-hydrogen) atoms. The number of urea groups is 2. The Kier molecular flexibility index (Phi) is 24.6. The number of likely N-dealkylation sites (tertiary alicyclic amines) is 5. The van der Waals surface area contributed by atoms with Crippen molar-refractivity contribution >= 4 is 126 Å². The van der Waals surface area contributed by atoms with Gasteiger partial charge in [-0.05, 0) is 160 Å². The summed E-state index contributed by atoms with van der Waals surface area (Å²) in [6, 6.07) is 13.8. The van der Waals surface area contributed by atoms with Crippen LogP contribution in [-0.2, 0) is 28.5 Å². The molecule has 5 saturated carbocycles. The smallest absolute Gasteiger partial charge is 0.396 e. The molecule has 7 amide bonds. The summed E-state index contributed by atoms with van der Waals surface area (Å²) in [6.45, 7) is 11.0. The van der Waals surface area contributed by atoms with Gasteiger partial charge in [0.15, 0.2) is 5.82 Å². The molecule has 12 aromatic rings. The van der Waals surface area contributed by atoms with Crippen LogP contribution in [0.4, 0.5) is 63.4 Å². The van der Waals surface area contributed by atoms with Crippen LogP contribution in [0.3, 0.4) is 0 Å². The minimum Gasteiger partial charge on any atom is -0.396 e. The van der Waals surface area contributed by atoms with Crippen molar-refractivity contribution in [2.45, 2.75) is 113 Å². The van der Waals surface area contributed by atoms with E-state index >= 15 is 0 Å². The summed E-state index contributed by atoms with van der Waals surface area (Å²) in [6.07, 6.45) is 29.0. The second-order valence-corrected chi connectivity index (χ2v) is 36.7. The predicted octanol–water partition coefficient (Wildman–Crippen LogP) is 9.55. The average molecular weight is 1770 g/mol. The number of alkyl halides is 3. The highest BCUT2D eigenvalue weighted by Gasteiger charge is 2.50. The number of rotatable bonds is 16. The zero-order chi connectivity index (χ0) is 89.6. The molecule has 10 fully saturated rings. The summed E-state index contributed by atoms with van der Waals surface area (Å²) < 4.78 is 40.7. The minimum atomic E-state index is -4.44. The predicted molar refractivity (Wildman–Crippen MR) is 481 cm³/mol. The number of aryl methyl sites for hydroxylation is 2. The van der Waals surface area contributed by atoms with Gasteiger partial charge in [0.25, 0.3) is 0 Å². The lowest BCUT2D eigenvalue weighted by Crippen LogP contribution is -2.36. The lowest BCUT2D eigenvalue weighted by atomic mass is 10.0. The monoisotopic (exact) mass is 1770 g/mol. The van der Waals surface area contributed by atoms with E-state index in [2.05, 4.69) is 155 Å². The fraction of sp³-hybridized carbons (Fsp3) is 0.517. The van der Waals surface area contributed by atoms with Crippen LogP contribution in [0.2, 0.25) is 0 Å². The van der Waals surface area contributed by atoms with Gasteiger partial charge in [0.05, 0.1) is 45.4 Å². The first-order chi connectivity index (χ1) is 62.3. The van der Waals surface area contributed by atoms with Gasteiger partial charge in [-0.15, -0.1) is 0 Å². The van der Waals surface area contributed by atoms with Crippen LogP contribution in [0, 0.1) is 59.2 Å². The standard InChI is InChI=1S/2C19H24N8O.C17H20F3N5O.C17H23N5O2.C17H21N5O/c1-25-6-4-16(24-25)23-19(28)27-9-12-7-14(8-13(12)10-27)26(2)18-15-3-5-20-17(15)21-11-22-18;1-25-10-14(7-23-25)24-19(28)27-8-12-5-15(6-13(12)9-27)26(2)18-16-3-4-20-17(16)21-11-22-18;1-24(16-13-2-3-21-15(13)22-9-23-16)12-4-10-7-25(8-11(10)5-12)14(26)6-17(18,19)20;1-21(17-14-2-4-18-16(14)19-10-20-17)13-6-11-8-22(9-12(11)7-13)15(24)3-5-23;1-3-15(23)22-8-11-6-13(7-12(11)9-22)21(2)17-14-4-5-18-16(14)19-10-20-17/h3-6,11-14H,7-10H2,1-2H3,(H,20,21,22)(H,23,24,28);3-4,7,10-13,15H,5-6,8-9H2,1-2H3,(H,24,28)(H,20,21,22);2-3,9-12H,4-8H2,1H3,(H,21,22,23);2,4,10-13,23H,3,5-9H2,1H3,(H,18,19,20);3-5,10-13H,1,6-9H2,2H3,(H,18,19,20)/t12-,13+,14?;12-,13+,15?;10-,11+,12?;2*11-,12+,13?. The Morgan fingerprint density at radius 3 is 0.992 bits per heavy atom. The summed E-state index contributed by atoms with van der Waals surface area (Å²) in [4.78, 5) is 140. The van der Waals surface area contributed by atoms with Crippen LogP contribution < -0.4 is 35.1 Å². The SMILES string of the molecule is C=CC(=O)N1C[C@H]2CC(N(C)c3ncnc4[nH]ccc34)C[C@H]2C1.CN(c1ncnc2[nH]ccc12)C1C[C@@H]2CN(C(=O)CC(F)(F)F)C[C@@H]2C1.CN(c1ncnc2[nH]ccc12)C1C[C@@H]2CN(C(=O)CCO)C[C@@H]2C1.CN(c1ncnc2[nH]ccc12)C1C[C@@H]2CN(C(=O)Nc3ccn(C)n3)C[C@@H]2C1.CN(c1ncnc2[nH]ccc12)C1C[C@@H]2CN(C(=O)Nc3cnn(C)c3)C[C@@H]2C1. The number of aliphatic hydroxyl groups excluding tert-OH is 1. The Bertz CT molecular complexity index is 5770. The highest BCUT2D eigenvalue weighted by molar-refractivity contribution is 5.93. The topological polar surface area (TPSA) is 406 Å². The maximum atomic E-state index is 12.6. The number of carbonyl (C=O) groups excluding carboxylic acids is 5. The van der Waals surface area contributed by atoms with Gasteiger partial charge in [0.2, 0.25) is 17.7 Å². The van der Waals surface area contributed by atoms with Crippen molar-refractivity contribution in [3.8, 4) is 0 Å². The van der Waals surface area contributed by atoms with Crippen molar-refractivity contribution in [3.63, 3.8) is 0 Å². The number of nitrogens with one attached hydrogen (secondary N) is 7. The molecule has 0 spiro atoms. The van der Waals surface area contributed by atoms with Crippen molar-refractivity contribution in [3.05, 3.63) is 130 Å². The van der Waals surface area contributed by atoms with Gasteiger partial charge in [-0.25, -0.2) is 59.4 Å². The van der Waals surface area contributed by atoms with Gasteiger partial charge in [-0.3, -0.25) is 29.1 Å². The highest BCUT2D eigenvalue weighted by atomic mass is 19.4. The molecule has 17 heterocycles. The molecule has 680 valence electrons. The third-order valence-corrected chi connectivity index (χ3v) is 29.1. The minimum absolute atomic E-state index is 0.0304. The molecular formula is C89H112F3N31O6. The molecule has 5 aliphatic carbocycles. The number of hydrogen-bond donors (Lipinski definition) is 8. The number of fused-ring (bicyclic) bond motifs is 10. The Morgan fingerprint density at radius 2 is 0.721 bits per heavy atom. The average Bonchev–Trinajstić information content (AvgIpc) is 1.64. The van der Waals surface area contributed by atoms with E-state index in [9.17, 15) is 37.1 Å². The fourth-order valence-corrected chi connectivity index (χ4v) is 22.4. The van der Waals surface area contributed by atoms with Gasteiger partial charge in [0.1, 0.15) is 95.4 Å². The Hall–Kier alpha value is -13.0. The number of anilines is 7. The van der Waals surface area contributed by atoms with Crippen molar-refractivity contribution in [1.82, 2.24) is 119 Å². The Balaban J connectivity index is 0.000000109. The van der Waals surface area contributed by atoms with Crippen LogP contribution in [0.15, 0.2) is 130 Å². The highest BCUT2D eigenvalue weighted by Crippen LogP contribution is 2.48. The number of hydrogen-bond acceptors (Lipinski definition) is 23. The zero-order valence-corrected chi connectivity index (χ0v) is 73.5. The summed E-state index contributed by atoms with van der Waals surface area (Å²) in [7, 11) is 14.1. The number of aliphatic hydroxyl groups is 1. The van der Waals surface area contributed by atoms with E-state index in [1.54, 1.807) is 40.9 Å². The fourth-order valence-electron chi connectivity index (χ4n) is 22.4. The number of carbonyl (C=O) groups is 5. The van der Waals surface area contributed by atoms with E-state index in [-0.39, 0.29) is 54.8 Å². The first kappa shape index (κ1) is 86.7. The molecule has 12 aromatic heterocycles. The first-order valence-electron chi connectivity index (χ1n) is 44.6. The van der Waals surface area contributed by atoms with Crippen molar-refractivity contribution in [2.75, 3.05) is 142 Å². The van der Waals surface area contributed by atoms with E-state index in [1.807, 2.05) is 121 Å². The molecule has 0 aromatic carbocycles.